The van der Waals surface area contributed by atoms with Gasteiger partial charge in [-0.1, -0.05) is 19.1 Å². The molecular formula is C17H21NO3. The zero-order valence-electron chi connectivity index (χ0n) is 12.4. The summed E-state index contributed by atoms with van der Waals surface area (Å²) in [6.45, 7) is 3.84. The minimum absolute atomic E-state index is 0.0335. The highest BCUT2D eigenvalue weighted by Gasteiger charge is 2.18. The fraction of sp³-hybridized carbons (Fsp3) is 0.412. The molecule has 0 N–H and O–H groups in total. The van der Waals surface area contributed by atoms with Gasteiger partial charge in [-0.15, -0.1) is 0 Å². The molecular weight excluding hydrogens is 266 g/mol. The van der Waals surface area contributed by atoms with Gasteiger partial charge in [-0.05, 0) is 30.2 Å². The van der Waals surface area contributed by atoms with Crippen LogP contribution in [0.25, 0.3) is 6.08 Å². The average molecular weight is 287 g/mol. The Kier molecular flexibility index (Phi) is 5.55. The molecule has 1 heterocycles. The van der Waals surface area contributed by atoms with Crippen LogP contribution in [-0.2, 0) is 9.59 Å². The third-order valence-corrected chi connectivity index (χ3v) is 3.40. The van der Waals surface area contributed by atoms with Crippen molar-refractivity contribution in [2.45, 2.75) is 26.2 Å². The molecule has 112 valence electrons. The molecule has 0 aromatic heterocycles. The Morgan fingerprint density at radius 1 is 1.24 bits per heavy atom. The molecule has 1 aliphatic heterocycles. The summed E-state index contributed by atoms with van der Waals surface area (Å²) in [6.07, 6.45) is 5.29. The van der Waals surface area contributed by atoms with Crippen molar-refractivity contribution < 1.29 is 14.3 Å². The van der Waals surface area contributed by atoms with E-state index < -0.39 is 0 Å². The fourth-order valence-electron chi connectivity index (χ4n) is 2.14. The number of carbonyl (C=O) groups is 2. The van der Waals surface area contributed by atoms with Gasteiger partial charge in [-0.3, -0.25) is 9.59 Å². The van der Waals surface area contributed by atoms with Crippen molar-refractivity contribution in [3.63, 3.8) is 0 Å². The van der Waals surface area contributed by atoms with E-state index in [0.29, 0.717) is 32.5 Å². The van der Waals surface area contributed by atoms with E-state index in [1.807, 2.05) is 24.3 Å². The molecule has 0 radical (unpaired) electrons. The van der Waals surface area contributed by atoms with Crippen molar-refractivity contribution in [2.75, 3.05) is 19.7 Å². The monoisotopic (exact) mass is 287 g/mol. The predicted molar refractivity (Wildman–Crippen MR) is 82.1 cm³/mol. The van der Waals surface area contributed by atoms with Crippen LogP contribution in [0.15, 0.2) is 30.3 Å². The summed E-state index contributed by atoms with van der Waals surface area (Å²) in [5.41, 5.74) is 0.959. The number of benzene rings is 1. The molecule has 2 rings (SSSR count). The first-order valence-corrected chi connectivity index (χ1v) is 7.40. The molecule has 1 saturated heterocycles. The molecule has 1 fully saturated rings. The van der Waals surface area contributed by atoms with Crippen LogP contribution < -0.4 is 4.74 Å². The highest BCUT2D eigenvalue weighted by atomic mass is 16.5. The summed E-state index contributed by atoms with van der Waals surface area (Å²) in [5.74, 6) is 1.05. The largest absolute Gasteiger partial charge is 0.494 e. The second-order valence-electron chi connectivity index (χ2n) is 5.11. The summed E-state index contributed by atoms with van der Waals surface area (Å²) < 4.78 is 5.51. The van der Waals surface area contributed by atoms with Crippen molar-refractivity contribution >= 4 is 17.8 Å². The van der Waals surface area contributed by atoms with E-state index >= 15 is 0 Å². The molecule has 0 bridgehead atoms. The second kappa shape index (κ2) is 7.62. The Morgan fingerprint density at radius 2 is 1.90 bits per heavy atom. The lowest BCUT2D eigenvalue weighted by molar-refractivity contribution is -0.130. The SMILES string of the molecule is CCCOc1ccc(/C=C/C(=O)N2CCC(=O)CC2)cc1. The molecule has 0 unspecified atom stereocenters. The van der Waals surface area contributed by atoms with Crippen LogP contribution in [0.5, 0.6) is 5.75 Å². The van der Waals surface area contributed by atoms with Crippen molar-refractivity contribution in [2.24, 2.45) is 0 Å². The number of piperidine rings is 1. The number of ketones is 1. The maximum absolute atomic E-state index is 12.0. The molecule has 0 atom stereocenters. The van der Waals surface area contributed by atoms with Crippen LogP contribution in [0.1, 0.15) is 31.7 Å². The zero-order valence-corrected chi connectivity index (χ0v) is 12.4. The Labute approximate surface area is 125 Å². The summed E-state index contributed by atoms with van der Waals surface area (Å²) in [4.78, 5) is 24.9. The van der Waals surface area contributed by atoms with Gasteiger partial charge in [0.25, 0.3) is 0 Å². The van der Waals surface area contributed by atoms with Crippen LogP contribution in [0.2, 0.25) is 0 Å². The zero-order chi connectivity index (χ0) is 15.1. The lowest BCUT2D eigenvalue weighted by atomic mass is 10.1. The van der Waals surface area contributed by atoms with Gasteiger partial charge in [-0.2, -0.15) is 0 Å². The van der Waals surface area contributed by atoms with Gasteiger partial charge in [0.15, 0.2) is 0 Å². The van der Waals surface area contributed by atoms with Crippen molar-refractivity contribution in [1.29, 1.82) is 0 Å². The summed E-state index contributed by atoms with van der Waals surface area (Å²) in [5, 5.41) is 0. The van der Waals surface area contributed by atoms with Gasteiger partial charge in [-0.25, -0.2) is 0 Å². The van der Waals surface area contributed by atoms with Gasteiger partial charge in [0, 0.05) is 32.0 Å². The molecule has 1 amide bonds. The smallest absolute Gasteiger partial charge is 0.246 e. The van der Waals surface area contributed by atoms with Gasteiger partial charge >= 0.3 is 0 Å². The third-order valence-electron chi connectivity index (χ3n) is 3.40. The van der Waals surface area contributed by atoms with Gasteiger partial charge in [0.1, 0.15) is 11.5 Å². The summed E-state index contributed by atoms with van der Waals surface area (Å²) in [7, 11) is 0. The molecule has 1 aromatic carbocycles. The van der Waals surface area contributed by atoms with Gasteiger partial charge < -0.3 is 9.64 Å². The van der Waals surface area contributed by atoms with Gasteiger partial charge in [0.05, 0.1) is 6.61 Å². The molecule has 1 aromatic rings. The van der Waals surface area contributed by atoms with E-state index in [0.717, 1.165) is 17.7 Å². The van der Waals surface area contributed by atoms with Crippen molar-refractivity contribution in [1.82, 2.24) is 4.90 Å². The number of amides is 1. The first-order chi connectivity index (χ1) is 10.2. The highest BCUT2D eigenvalue weighted by molar-refractivity contribution is 5.93. The number of likely N-dealkylation sites (tertiary alicyclic amines) is 1. The van der Waals surface area contributed by atoms with E-state index in [2.05, 4.69) is 6.92 Å². The Balaban J connectivity index is 1.88. The molecule has 0 aliphatic carbocycles. The summed E-state index contributed by atoms with van der Waals surface area (Å²) in [6, 6.07) is 7.65. The van der Waals surface area contributed by atoms with E-state index in [1.54, 1.807) is 17.1 Å². The molecule has 4 heteroatoms. The number of ether oxygens (including phenoxy) is 1. The molecule has 1 aliphatic rings. The Hall–Kier alpha value is -2.10. The average Bonchev–Trinajstić information content (AvgIpc) is 2.52. The molecule has 0 spiro atoms. The second-order valence-corrected chi connectivity index (χ2v) is 5.11. The molecule has 0 saturated carbocycles. The first kappa shape index (κ1) is 15.3. The minimum Gasteiger partial charge on any atom is -0.494 e. The third kappa shape index (κ3) is 4.74. The number of carbonyl (C=O) groups excluding carboxylic acids is 2. The van der Waals surface area contributed by atoms with E-state index in [1.165, 1.54) is 0 Å². The number of rotatable bonds is 5. The Bertz CT molecular complexity index is 509. The summed E-state index contributed by atoms with van der Waals surface area (Å²) >= 11 is 0. The van der Waals surface area contributed by atoms with Crippen LogP contribution in [0.4, 0.5) is 0 Å². The number of hydrogen-bond acceptors (Lipinski definition) is 3. The van der Waals surface area contributed by atoms with Crippen LogP contribution in [0, 0.1) is 0 Å². The molecule has 21 heavy (non-hydrogen) atoms. The maximum Gasteiger partial charge on any atom is 0.246 e. The Morgan fingerprint density at radius 3 is 2.52 bits per heavy atom. The highest BCUT2D eigenvalue weighted by Crippen LogP contribution is 2.14. The first-order valence-electron chi connectivity index (χ1n) is 7.40. The van der Waals surface area contributed by atoms with Crippen molar-refractivity contribution in [3.8, 4) is 5.75 Å². The van der Waals surface area contributed by atoms with Crippen LogP contribution in [0.3, 0.4) is 0 Å². The normalized spacial score (nSPS) is 15.5. The number of hydrogen-bond donors (Lipinski definition) is 0. The number of nitrogens with zero attached hydrogens (tertiary/aromatic N) is 1. The van der Waals surface area contributed by atoms with Crippen LogP contribution in [-0.4, -0.2) is 36.3 Å². The topological polar surface area (TPSA) is 46.6 Å². The molecule has 4 nitrogen and oxygen atoms in total. The van der Waals surface area contributed by atoms with Crippen LogP contribution >= 0.6 is 0 Å². The lowest BCUT2D eigenvalue weighted by Gasteiger charge is -2.24. The lowest BCUT2D eigenvalue weighted by Crippen LogP contribution is -2.37. The maximum atomic E-state index is 12.0. The van der Waals surface area contributed by atoms with Gasteiger partial charge in [0.2, 0.25) is 5.91 Å². The van der Waals surface area contributed by atoms with E-state index in [-0.39, 0.29) is 11.7 Å². The van der Waals surface area contributed by atoms with E-state index in [9.17, 15) is 9.59 Å². The standard InChI is InChI=1S/C17H21NO3/c1-2-13-21-16-6-3-14(4-7-16)5-8-17(20)18-11-9-15(19)10-12-18/h3-8H,2,9-13H2,1H3/b8-5+. The minimum atomic E-state index is -0.0335. The quantitative estimate of drug-likeness (QED) is 0.782. The predicted octanol–water partition coefficient (Wildman–Crippen LogP) is 2.68. The fourth-order valence-corrected chi connectivity index (χ4v) is 2.14. The number of Topliss-reactive ketones (excluding diaryl/α,β-unsaturated/α-hetero) is 1. The van der Waals surface area contributed by atoms with Crippen molar-refractivity contribution in [3.05, 3.63) is 35.9 Å². The van der Waals surface area contributed by atoms with E-state index in [4.69, 9.17) is 4.74 Å².